The Morgan fingerprint density at radius 1 is 1.08 bits per heavy atom. The highest BCUT2D eigenvalue weighted by Gasteiger charge is 2.15. The predicted molar refractivity (Wildman–Crippen MR) is 97.1 cm³/mol. The summed E-state index contributed by atoms with van der Waals surface area (Å²) in [6, 6.07) is 9.52. The van der Waals surface area contributed by atoms with Crippen LogP contribution in [0.1, 0.15) is 28.4 Å². The Morgan fingerprint density at radius 2 is 1.73 bits per heavy atom. The summed E-state index contributed by atoms with van der Waals surface area (Å²) in [7, 11) is 3.07. The van der Waals surface area contributed by atoms with Crippen LogP contribution in [0.3, 0.4) is 0 Å². The Hall–Kier alpha value is -3.42. The van der Waals surface area contributed by atoms with Crippen LogP contribution in [0.25, 0.3) is 0 Å². The summed E-state index contributed by atoms with van der Waals surface area (Å²) in [5.74, 6) is 0.591. The van der Waals surface area contributed by atoms with Crippen LogP contribution in [-0.2, 0) is 0 Å². The molecule has 8 nitrogen and oxygen atoms in total. The van der Waals surface area contributed by atoms with Crippen LogP contribution in [0.2, 0.25) is 0 Å². The number of hydrazone groups is 1. The summed E-state index contributed by atoms with van der Waals surface area (Å²) in [6.45, 7) is 3.33. The molecular formula is C18H19N3O5. The van der Waals surface area contributed by atoms with Crippen molar-refractivity contribution < 1.29 is 19.2 Å². The zero-order valence-corrected chi connectivity index (χ0v) is 14.9. The lowest BCUT2D eigenvalue weighted by Gasteiger charge is -2.09. The topological polar surface area (TPSA) is 103 Å². The average molecular weight is 357 g/mol. The first-order valence-electron chi connectivity index (χ1n) is 7.69. The molecule has 0 aliphatic carbocycles. The molecule has 0 unspecified atom stereocenters. The molecule has 8 heteroatoms. The van der Waals surface area contributed by atoms with E-state index in [-0.39, 0.29) is 11.3 Å². The van der Waals surface area contributed by atoms with E-state index >= 15 is 0 Å². The van der Waals surface area contributed by atoms with E-state index in [2.05, 4.69) is 10.5 Å². The largest absolute Gasteiger partial charge is 0.493 e. The lowest BCUT2D eigenvalue weighted by molar-refractivity contribution is -0.385. The van der Waals surface area contributed by atoms with Gasteiger partial charge in [0.2, 0.25) is 0 Å². The van der Waals surface area contributed by atoms with E-state index in [1.165, 1.54) is 25.3 Å². The molecule has 0 bridgehead atoms. The first-order chi connectivity index (χ1) is 12.4. The molecule has 26 heavy (non-hydrogen) atoms. The van der Waals surface area contributed by atoms with Gasteiger partial charge >= 0.3 is 0 Å². The van der Waals surface area contributed by atoms with Crippen molar-refractivity contribution in [2.24, 2.45) is 5.10 Å². The Labute approximate surface area is 150 Å². The Bertz CT molecular complexity index is 877. The van der Waals surface area contributed by atoms with Gasteiger partial charge in [0.1, 0.15) is 0 Å². The first kappa shape index (κ1) is 18.9. The summed E-state index contributed by atoms with van der Waals surface area (Å²) >= 11 is 0. The summed E-state index contributed by atoms with van der Waals surface area (Å²) in [5.41, 5.74) is 4.21. The number of nitrogens with zero attached hydrogens (tertiary/aromatic N) is 2. The summed E-state index contributed by atoms with van der Waals surface area (Å²) in [5, 5.41) is 15.0. The van der Waals surface area contributed by atoms with Gasteiger partial charge in [0.25, 0.3) is 11.6 Å². The maximum absolute atomic E-state index is 12.2. The number of nitro groups is 1. The molecule has 2 rings (SSSR count). The summed E-state index contributed by atoms with van der Waals surface area (Å²) in [4.78, 5) is 22.7. The van der Waals surface area contributed by atoms with Gasteiger partial charge in [0.15, 0.2) is 11.5 Å². The highest BCUT2D eigenvalue weighted by atomic mass is 16.6. The SMILES string of the molecule is COc1ccc(/C(C)=N\NC(=O)c2ccc(C)c([N+](=O)[O-])c2)cc1OC. The number of hydrogen-bond acceptors (Lipinski definition) is 6. The molecule has 1 N–H and O–H groups in total. The van der Waals surface area contributed by atoms with Crippen LogP contribution in [-0.4, -0.2) is 30.8 Å². The Balaban J connectivity index is 2.20. The first-order valence-corrected chi connectivity index (χ1v) is 7.69. The van der Waals surface area contributed by atoms with Gasteiger partial charge in [-0.05, 0) is 38.1 Å². The third-order valence-corrected chi connectivity index (χ3v) is 3.79. The van der Waals surface area contributed by atoms with Gasteiger partial charge in [-0.1, -0.05) is 6.07 Å². The van der Waals surface area contributed by atoms with Crippen molar-refractivity contribution in [3.8, 4) is 11.5 Å². The molecule has 1 amide bonds. The number of ether oxygens (including phenoxy) is 2. The molecule has 0 atom stereocenters. The van der Waals surface area contributed by atoms with Crippen LogP contribution < -0.4 is 14.9 Å². The molecule has 0 fully saturated rings. The number of nitrogens with one attached hydrogen (secondary N) is 1. The number of rotatable bonds is 6. The second kappa shape index (κ2) is 8.11. The molecule has 136 valence electrons. The number of amides is 1. The molecule has 0 aliphatic rings. The van der Waals surface area contributed by atoms with Crippen LogP contribution >= 0.6 is 0 Å². The van der Waals surface area contributed by atoms with Gasteiger partial charge in [-0.15, -0.1) is 0 Å². The highest BCUT2D eigenvalue weighted by Crippen LogP contribution is 2.27. The van der Waals surface area contributed by atoms with Crippen LogP contribution in [0.4, 0.5) is 5.69 Å². The van der Waals surface area contributed by atoms with Crippen molar-refractivity contribution in [1.29, 1.82) is 0 Å². The predicted octanol–water partition coefficient (Wildman–Crippen LogP) is 3.07. The lowest BCUT2D eigenvalue weighted by atomic mass is 10.1. The van der Waals surface area contributed by atoms with Crippen LogP contribution in [0, 0.1) is 17.0 Å². The molecule has 0 heterocycles. The van der Waals surface area contributed by atoms with Crippen molar-refractivity contribution in [3.63, 3.8) is 0 Å². The van der Waals surface area contributed by atoms with E-state index in [1.54, 1.807) is 39.2 Å². The maximum Gasteiger partial charge on any atom is 0.273 e. The minimum absolute atomic E-state index is 0.113. The standard InChI is InChI=1S/C18H19N3O5/c1-11-5-6-14(9-15(11)21(23)24)18(22)20-19-12(2)13-7-8-16(25-3)17(10-13)26-4/h5-10H,1-4H3,(H,20,22)/b19-12-. The average Bonchev–Trinajstić information content (AvgIpc) is 2.65. The maximum atomic E-state index is 12.2. The molecule has 2 aromatic carbocycles. The molecular weight excluding hydrogens is 338 g/mol. The summed E-state index contributed by atoms with van der Waals surface area (Å²) < 4.78 is 10.4. The fraction of sp³-hybridized carbons (Fsp3) is 0.222. The third kappa shape index (κ3) is 4.15. The van der Waals surface area contributed by atoms with E-state index in [1.807, 2.05) is 0 Å². The molecule has 0 spiro atoms. The molecule has 2 aromatic rings. The van der Waals surface area contributed by atoms with Crippen molar-refractivity contribution >= 4 is 17.3 Å². The van der Waals surface area contributed by atoms with Gasteiger partial charge in [-0.25, -0.2) is 5.43 Å². The Morgan fingerprint density at radius 3 is 2.35 bits per heavy atom. The molecule has 0 saturated carbocycles. The van der Waals surface area contributed by atoms with Crippen molar-refractivity contribution in [2.45, 2.75) is 13.8 Å². The number of methoxy groups -OCH3 is 2. The quantitative estimate of drug-likeness (QED) is 0.486. The number of nitro benzene ring substituents is 1. The van der Waals surface area contributed by atoms with E-state index in [4.69, 9.17) is 9.47 Å². The molecule has 0 aliphatic heterocycles. The lowest BCUT2D eigenvalue weighted by Crippen LogP contribution is -2.19. The van der Waals surface area contributed by atoms with Gasteiger partial charge < -0.3 is 9.47 Å². The van der Waals surface area contributed by atoms with Crippen LogP contribution in [0.15, 0.2) is 41.5 Å². The van der Waals surface area contributed by atoms with Gasteiger partial charge in [0.05, 0.1) is 24.9 Å². The smallest absolute Gasteiger partial charge is 0.273 e. The fourth-order valence-electron chi connectivity index (χ4n) is 2.27. The minimum atomic E-state index is -0.534. The normalized spacial score (nSPS) is 11.0. The van der Waals surface area contributed by atoms with Crippen LogP contribution in [0.5, 0.6) is 11.5 Å². The minimum Gasteiger partial charge on any atom is -0.493 e. The summed E-state index contributed by atoms with van der Waals surface area (Å²) in [6.07, 6.45) is 0. The third-order valence-electron chi connectivity index (χ3n) is 3.79. The van der Waals surface area contributed by atoms with E-state index < -0.39 is 10.8 Å². The molecule has 0 radical (unpaired) electrons. The number of carbonyl (C=O) groups is 1. The van der Waals surface area contributed by atoms with Crippen molar-refractivity contribution in [3.05, 3.63) is 63.2 Å². The zero-order valence-electron chi connectivity index (χ0n) is 14.9. The fourth-order valence-corrected chi connectivity index (χ4v) is 2.27. The highest BCUT2D eigenvalue weighted by molar-refractivity contribution is 6.01. The van der Waals surface area contributed by atoms with Gasteiger partial charge in [-0.2, -0.15) is 5.10 Å². The number of hydrogen-bond donors (Lipinski definition) is 1. The second-order valence-corrected chi connectivity index (χ2v) is 5.47. The van der Waals surface area contributed by atoms with Gasteiger partial charge in [-0.3, -0.25) is 14.9 Å². The number of carbonyl (C=O) groups excluding carboxylic acids is 1. The van der Waals surface area contributed by atoms with Gasteiger partial charge in [0, 0.05) is 22.8 Å². The monoisotopic (exact) mass is 357 g/mol. The molecule has 0 aromatic heterocycles. The van der Waals surface area contributed by atoms with E-state index in [9.17, 15) is 14.9 Å². The van der Waals surface area contributed by atoms with E-state index in [0.29, 0.717) is 22.8 Å². The Kier molecular flexibility index (Phi) is 5.90. The number of benzene rings is 2. The zero-order chi connectivity index (χ0) is 19.3. The number of aryl methyl sites for hydroxylation is 1. The van der Waals surface area contributed by atoms with Crippen molar-refractivity contribution in [1.82, 2.24) is 5.43 Å². The van der Waals surface area contributed by atoms with E-state index in [0.717, 1.165) is 5.56 Å². The molecule has 0 saturated heterocycles. The van der Waals surface area contributed by atoms with Crippen molar-refractivity contribution in [2.75, 3.05) is 14.2 Å². The second-order valence-electron chi connectivity index (χ2n) is 5.47.